The number of nitrogen functional groups attached to an aromatic ring is 1. The Morgan fingerprint density at radius 2 is 2.00 bits per heavy atom. The molecular formula is C11H11FN4. The number of aryl methyl sites for hydroxylation is 1. The van der Waals surface area contributed by atoms with Gasteiger partial charge in [0.2, 0.25) is 0 Å². The van der Waals surface area contributed by atoms with Gasteiger partial charge in [0, 0.05) is 5.69 Å². The van der Waals surface area contributed by atoms with Crippen LogP contribution in [0.25, 0.3) is 0 Å². The number of hydrogen-bond acceptors (Lipinski definition) is 4. The number of nitrogens with two attached hydrogens (primary N) is 1. The Bertz CT molecular complexity index is 496. The van der Waals surface area contributed by atoms with E-state index in [4.69, 9.17) is 5.73 Å². The summed E-state index contributed by atoms with van der Waals surface area (Å²) in [6, 6.07) is 8.19. The van der Waals surface area contributed by atoms with Crippen molar-refractivity contribution in [2.24, 2.45) is 0 Å². The molecule has 0 unspecified atom stereocenters. The number of benzene rings is 1. The topological polar surface area (TPSA) is 63.8 Å². The molecule has 0 fully saturated rings. The standard InChI is InChI=1S/C11H11FN4/c1-7-2-3-8(6-9(7)12)14-11-5-4-10(13)15-16-11/h2-6H,1H3,(H2,13,15)(H,14,16). The summed E-state index contributed by atoms with van der Waals surface area (Å²) < 4.78 is 13.3. The molecule has 0 saturated heterocycles. The third-order valence-corrected chi connectivity index (χ3v) is 2.13. The molecule has 1 heterocycles. The van der Waals surface area contributed by atoms with Crippen LogP contribution in [0.4, 0.5) is 21.7 Å². The highest BCUT2D eigenvalue weighted by molar-refractivity contribution is 5.56. The van der Waals surface area contributed by atoms with Crippen molar-refractivity contribution in [3.05, 3.63) is 41.7 Å². The van der Waals surface area contributed by atoms with Gasteiger partial charge in [-0.05, 0) is 36.8 Å². The van der Waals surface area contributed by atoms with Crippen molar-refractivity contribution in [2.75, 3.05) is 11.1 Å². The summed E-state index contributed by atoms with van der Waals surface area (Å²) >= 11 is 0. The molecule has 0 bridgehead atoms. The smallest absolute Gasteiger partial charge is 0.153 e. The van der Waals surface area contributed by atoms with Gasteiger partial charge in [0.15, 0.2) is 5.82 Å². The Balaban J connectivity index is 2.20. The number of nitrogens with one attached hydrogen (secondary N) is 1. The second-order valence-electron chi connectivity index (χ2n) is 3.43. The van der Waals surface area contributed by atoms with E-state index in [0.29, 0.717) is 22.9 Å². The fourth-order valence-electron chi connectivity index (χ4n) is 1.23. The molecule has 0 aliphatic rings. The van der Waals surface area contributed by atoms with E-state index in [2.05, 4.69) is 15.5 Å². The number of hydrogen-bond donors (Lipinski definition) is 2. The highest BCUT2D eigenvalue weighted by Crippen LogP contribution is 2.17. The van der Waals surface area contributed by atoms with Gasteiger partial charge >= 0.3 is 0 Å². The van der Waals surface area contributed by atoms with Crippen LogP contribution in [0.2, 0.25) is 0 Å². The fourth-order valence-corrected chi connectivity index (χ4v) is 1.23. The summed E-state index contributed by atoms with van der Waals surface area (Å²) in [5.74, 6) is 0.617. The van der Waals surface area contributed by atoms with Gasteiger partial charge in [-0.3, -0.25) is 0 Å². The normalized spacial score (nSPS) is 10.1. The maximum absolute atomic E-state index is 13.3. The van der Waals surface area contributed by atoms with E-state index in [1.165, 1.54) is 6.07 Å². The van der Waals surface area contributed by atoms with Gasteiger partial charge in [0.05, 0.1) is 0 Å². The Kier molecular flexibility index (Phi) is 2.68. The van der Waals surface area contributed by atoms with Crippen LogP contribution in [0, 0.1) is 12.7 Å². The first kappa shape index (κ1) is 10.4. The zero-order chi connectivity index (χ0) is 11.5. The van der Waals surface area contributed by atoms with E-state index in [9.17, 15) is 4.39 Å². The summed E-state index contributed by atoms with van der Waals surface area (Å²) in [4.78, 5) is 0. The molecule has 5 heteroatoms. The van der Waals surface area contributed by atoms with E-state index < -0.39 is 0 Å². The molecule has 1 aromatic carbocycles. The second kappa shape index (κ2) is 4.14. The molecule has 0 radical (unpaired) electrons. The summed E-state index contributed by atoms with van der Waals surface area (Å²) in [7, 11) is 0. The number of aromatic nitrogens is 2. The first-order valence-corrected chi connectivity index (χ1v) is 4.77. The van der Waals surface area contributed by atoms with Crippen molar-refractivity contribution in [1.82, 2.24) is 10.2 Å². The van der Waals surface area contributed by atoms with E-state index in [-0.39, 0.29) is 5.82 Å². The molecule has 0 atom stereocenters. The quantitative estimate of drug-likeness (QED) is 0.811. The molecule has 0 amide bonds. The molecule has 2 rings (SSSR count). The van der Waals surface area contributed by atoms with E-state index in [1.54, 1.807) is 31.2 Å². The van der Waals surface area contributed by atoms with Crippen LogP contribution < -0.4 is 11.1 Å². The summed E-state index contributed by atoms with van der Waals surface area (Å²) in [6.07, 6.45) is 0. The van der Waals surface area contributed by atoms with Gasteiger partial charge in [-0.1, -0.05) is 6.07 Å². The molecular weight excluding hydrogens is 207 g/mol. The highest BCUT2D eigenvalue weighted by atomic mass is 19.1. The minimum absolute atomic E-state index is 0.256. The molecule has 0 aliphatic carbocycles. The van der Waals surface area contributed by atoms with E-state index in [0.717, 1.165) is 0 Å². The van der Waals surface area contributed by atoms with Gasteiger partial charge in [-0.15, -0.1) is 10.2 Å². The molecule has 2 aromatic rings. The number of anilines is 3. The third kappa shape index (κ3) is 2.25. The van der Waals surface area contributed by atoms with Crippen molar-refractivity contribution in [1.29, 1.82) is 0 Å². The number of halogens is 1. The zero-order valence-corrected chi connectivity index (χ0v) is 8.74. The van der Waals surface area contributed by atoms with Crippen molar-refractivity contribution >= 4 is 17.3 Å². The molecule has 3 N–H and O–H groups in total. The maximum atomic E-state index is 13.3. The van der Waals surface area contributed by atoms with Gasteiger partial charge in [0.25, 0.3) is 0 Å². The lowest BCUT2D eigenvalue weighted by Gasteiger charge is -2.05. The molecule has 16 heavy (non-hydrogen) atoms. The van der Waals surface area contributed by atoms with Crippen LogP contribution in [0.15, 0.2) is 30.3 Å². The number of rotatable bonds is 2. The fraction of sp³-hybridized carbons (Fsp3) is 0.0909. The van der Waals surface area contributed by atoms with Gasteiger partial charge < -0.3 is 11.1 Å². The monoisotopic (exact) mass is 218 g/mol. The van der Waals surface area contributed by atoms with Crippen LogP contribution in [0.3, 0.4) is 0 Å². The van der Waals surface area contributed by atoms with Crippen molar-refractivity contribution in [3.63, 3.8) is 0 Å². The Morgan fingerprint density at radius 1 is 1.19 bits per heavy atom. The van der Waals surface area contributed by atoms with Crippen molar-refractivity contribution in [2.45, 2.75) is 6.92 Å². The van der Waals surface area contributed by atoms with Crippen LogP contribution in [0.5, 0.6) is 0 Å². The third-order valence-electron chi connectivity index (χ3n) is 2.13. The molecule has 82 valence electrons. The summed E-state index contributed by atoms with van der Waals surface area (Å²) in [6.45, 7) is 1.71. The lowest BCUT2D eigenvalue weighted by atomic mass is 10.2. The molecule has 0 spiro atoms. The minimum Gasteiger partial charge on any atom is -0.382 e. The van der Waals surface area contributed by atoms with Crippen molar-refractivity contribution in [3.8, 4) is 0 Å². The summed E-state index contributed by atoms with van der Waals surface area (Å²) in [5, 5.41) is 10.4. The number of nitrogens with zero attached hydrogens (tertiary/aromatic N) is 2. The first-order chi connectivity index (χ1) is 7.65. The maximum Gasteiger partial charge on any atom is 0.153 e. The van der Waals surface area contributed by atoms with Gasteiger partial charge in [-0.25, -0.2) is 4.39 Å². The van der Waals surface area contributed by atoms with Gasteiger partial charge in [0.1, 0.15) is 11.6 Å². The molecule has 1 aromatic heterocycles. The van der Waals surface area contributed by atoms with E-state index >= 15 is 0 Å². The molecule has 0 aliphatic heterocycles. The Hall–Kier alpha value is -2.17. The van der Waals surface area contributed by atoms with Crippen LogP contribution in [-0.4, -0.2) is 10.2 Å². The van der Waals surface area contributed by atoms with Crippen LogP contribution in [-0.2, 0) is 0 Å². The molecule has 0 saturated carbocycles. The van der Waals surface area contributed by atoms with E-state index in [1.807, 2.05) is 0 Å². The van der Waals surface area contributed by atoms with Gasteiger partial charge in [-0.2, -0.15) is 0 Å². The van der Waals surface area contributed by atoms with Crippen LogP contribution >= 0.6 is 0 Å². The molecule has 4 nitrogen and oxygen atoms in total. The largest absolute Gasteiger partial charge is 0.382 e. The van der Waals surface area contributed by atoms with Crippen molar-refractivity contribution < 1.29 is 4.39 Å². The first-order valence-electron chi connectivity index (χ1n) is 4.77. The average molecular weight is 218 g/mol. The SMILES string of the molecule is Cc1ccc(Nc2ccc(N)nn2)cc1F. The zero-order valence-electron chi connectivity index (χ0n) is 8.74. The predicted molar refractivity (Wildman–Crippen MR) is 60.9 cm³/mol. The summed E-state index contributed by atoms with van der Waals surface area (Å²) in [5.41, 5.74) is 6.64. The second-order valence-corrected chi connectivity index (χ2v) is 3.43. The lowest BCUT2D eigenvalue weighted by molar-refractivity contribution is 0.619. The van der Waals surface area contributed by atoms with Crippen LogP contribution in [0.1, 0.15) is 5.56 Å². The Labute approximate surface area is 92.3 Å². The highest BCUT2D eigenvalue weighted by Gasteiger charge is 2.00. The average Bonchev–Trinajstić information content (AvgIpc) is 2.27. The predicted octanol–water partition coefficient (Wildman–Crippen LogP) is 2.25. The Morgan fingerprint density at radius 3 is 2.62 bits per heavy atom. The minimum atomic E-state index is -0.256. The lowest BCUT2D eigenvalue weighted by Crippen LogP contribution is -1.98.